The van der Waals surface area contributed by atoms with E-state index >= 15 is 0 Å². The summed E-state index contributed by atoms with van der Waals surface area (Å²) in [5, 5.41) is 2.84. The van der Waals surface area contributed by atoms with Gasteiger partial charge >= 0.3 is 0 Å². The molecule has 0 saturated heterocycles. The minimum absolute atomic E-state index is 0.173. The Morgan fingerprint density at radius 3 is 2.38 bits per heavy atom. The third-order valence-electron chi connectivity index (χ3n) is 5.34. The average molecular weight is 424 g/mol. The van der Waals surface area contributed by atoms with E-state index in [-0.39, 0.29) is 11.5 Å². The Hall–Kier alpha value is -2.10. The van der Waals surface area contributed by atoms with Gasteiger partial charge in [-0.05, 0) is 58.5 Å². The van der Waals surface area contributed by atoms with Crippen LogP contribution in [-0.2, 0) is 12.0 Å². The predicted molar refractivity (Wildman–Crippen MR) is 124 cm³/mol. The zero-order valence-corrected chi connectivity index (χ0v) is 18.7. The standard InChI is InChI=1S/C25H26ClNOS/c1-25(2,3)19-8-4-17(5-9-19)16-28-20-10-6-18(7-11-20)22-12-13-23(27-22)24-21(26)14-15-29-24/h4-11,14-15,22H,12-13,16H2,1-3H3. The molecule has 0 fully saturated rings. The first-order valence-electron chi connectivity index (χ1n) is 10.0. The highest BCUT2D eigenvalue weighted by Crippen LogP contribution is 2.35. The molecule has 1 aromatic heterocycles. The van der Waals surface area contributed by atoms with Crippen LogP contribution in [0.15, 0.2) is 65.0 Å². The van der Waals surface area contributed by atoms with Gasteiger partial charge in [0.15, 0.2) is 0 Å². The molecule has 1 atom stereocenters. The molecule has 0 radical (unpaired) electrons. The molecule has 2 heterocycles. The van der Waals surface area contributed by atoms with Crippen molar-refractivity contribution >= 4 is 28.6 Å². The Kier molecular flexibility index (Phi) is 5.80. The number of hydrogen-bond acceptors (Lipinski definition) is 3. The van der Waals surface area contributed by atoms with Crippen LogP contribution in [0.2, 0.25) is 5.02 Å². The molecule has 0 spiro atoms. The van der Waals surface area contributed by atoms with Crippen molar-refractivity contribution in [2.75, 3.05) is 0 Å². The maximum atomic E-state index is 6.26. The van der Waals surface area contributed by atoms with Crippen molar-refractivity contribution in [1.82, 2.24) is 0 Å². The van der Waals surface area contributed by atoms with Gasteiger partial charge in [-0.3, -0.25) is 4.99 Å². The molecule has 4 rings (SSSR count). The molecule has 0 N–H and O–H groups in total. The number of benzene rings is 2. The molecule has 1 aliphatic heterocycles. The summed E-state index contributed by atoms with van der Waals surface area (Å²) in [6.07, 6.45) is 2.01. The van der Waals surface area contributed by atoms with Gasteiger partial charge in [-0.2, -0.15) is 0 Å². The zero-order valence-electron chi connectivity index (χ0n) is 17.1. The van der Waals surface area contributed by atoms with Crippen LogP contribution in [0.5, 0.6) is 5.75 Å². The van der Waals surface area contributed by atoms with Crippen LogP contribution in [0.3, 0.4) is 0 Å². The SMILES string of the molecule is CC(C)(C)c1ccc(COc2ccc(C3CCC(c4sccc4Cl)=N3)cc2)cc1. The quantitative estimate of drug-likeness (QED) is 0.414. The number of hydrogen-bond donors (Lipinski definition) is 0. The molecule has 3 aromatic rings. The molecule has 1 unspecified atom stereocenters. The highest BCUT2D eigenvalue weighted by Gasteiger charge is 2.22. The maximum Gasteiger partial charge on any atom is 0.119 e. The van der Waals surface area contributed by atoms with E-state index in [1.54, 1.807) is 11.3 Å². The highest BCUT2D eigenvalue weighted by molar-refractivity contribution is 7.12. The molecule has 2 nitrogen and oxygen atoms in total. The lowest BCUT2D eigenvalue weighted by atomic mass is 9.87. The lowest BCUT2D eigenvalue weighted by Gasteiger charge is -2.19. The van der Waals surface area contributed by atoms with E-state index in [4.69, 9.17) is 21.3 Å². The first-order chi connectivity index (χ1) is 13.9. The van der Waals surface area contributed by atoms with E-state index in [9.17, 15) is 0 Å². The molecule has 0 bridgehead atoms. The van der Waals surface area contributed by atoms with Crippen molar-refractivity contribution in [2.45, 2.75) is 51.7 Å². The van der Waals surface area contributed by atoms with E-state index < -0.39 is 0 Å². The zero-order chi connectivity index (χ0) is 20.4. The topological polar surface area (TPSA) is 21.6 Å². The fourth-order valence-electron chi connectivity index (χ4n) is 3.56. The molecule has 150 valence electrons. The Morgan fingerprint density at radius 1 is 1.03 bits per heavy atom. The van der Waals surface area contributed by atoms with Gasteiger partial charge in [-0.25, -0.2) is 0 Å². The van der Waals surface area contributed by atoms with E-state index in [1.807, 2.05) is 23.6 Å². The highest BCUT2D eigenvalue weighted by atomic mass is 35.5. The first-order valence-corrected chi connectivity index (χ1v) is 11.3. The van der Waals surface area contributed by atoms with Crippen molar-refractivity contribution in [3.63, 3.8) is 0 Å². The maximum absolute atomic E-state index is 6.26. The van der Waals surface area contributed by atoms with Gasteiger partial charge in [-0.15, -0.1) is 11.3 Å². The van der Waals surface area contributed by atoms with E-state index in [2.05, 4.69) is 57.2 Å². The molecule has 0 aliphatic carbocycles. The predicted octanol–water partition coefficient (Wildman–Crippen LogP) is 7.60. The minimum Gasteiger partial charge on any atom is -0.489 e. The number of rotatable bonds is 5. The van der Waals surface area contributed by atoms with Crippen molar-refractivity contribution in [2.24, 2.45) is 4.99 Å². The fraction of sp³-hybridized carbons (Fsp3) is 0.320. The van der Waals surface area contributed by atoms with Crippen molar-refractivity contribution < 1.29 is 4.74 Å². The van der Waals surface area contributed by atoms with Crippen LogP contribution in [0, 0.1) is 0 Å². The Labute approximate surface area is 182 Å². The monoisotopic (exact) mass is 423 g/mol. The van der Waals surface area contributed by atoms with Gasteiger partial charge in [0.25, 0.3) is 0 Å². The second-order valence-corrected chi connectivity index (χ2v) is 9.86. The lowest BCUT2D eigenvalue weighted by molar-refractivity contribution is 0.306. The summed E-state index contributed by atoms with van der Waals surface area (Å²) >= 11 is 7.93. The fourth-order valence-corrected chi connectivity index (χ4v) is 4.75. The number of thiophene rings is 1. The van der Waals surface area contributed by atoms with E-state index in [1.165, 1.54) is 16.7 Å². The number of ether oxygens (including phenoxy) is 1. The summed E-state index contributed by atoms with van der Waals surface area (Å²) in [5.41, 5.74) is 5.06. The molecule has 2 aromatic carbocycles. The summed E-state index contributed by atoms with van der Waals surface area (Å²) in [5.74, 6) is 0.886. The number of aliphatic imine (C=N–C) groups is 1. The molecular formula is C25H26ClNOS. The van der Waals surface area contributed by atoms with Gasteiger partial charge in [0.2, 0.25) is 0 Å². The Morgan fingerprint density at radius 2 is 1.76 bits per heavy atom. The van der Waals surface area contributed by atoms with Crippen LogP contribution < -0.4 is 4.74 Å². The van der Waals surface area contributed by atoms with Crippen LogP contribution in [0.25, 0.3) is 0 Å². The smallest absolute Gasteiger partial charge is 0.119 e. The van der Waals surface area contributed by atoms with Crippen molar-refractivity contribution in [1.29, 1.82) is 0 Å². The van der Waals surface area contributed by atoms with Gasteiger partial charge < -0.3 is 4.74 Å². The number of halogens is 1. The lowest BCUT2D eigenvalue weighted by Crippen LogP contribution is -2.10. The average Bonchev–Trinajstić information content (AvgIpc) is 3.35. The van der Waals surface area contributed by atoms with Crippen molar-refractivity contribution in [3.05, 3.63) is 86.6 Å². The van der Waals surface area contributed by atoms with Gasteiger partial charge in [0.05, 0.1) is 21.7 Å². The van der Waals surface area contributed by atoms with Gasteiger partial charge in [0, 0.05) is 0 Å². The summed E-state index contributed by atoms with van der Waals surface area (Å²) in [6, 6.07) is 19.2. The summed E-state index contributed by atoms with van der Waals surface area (Å²) in [6.45, 7) is 7.26. The largest absolute Gasteiger partial charge is 0.489 e. The van der Waals surface area contributed by atoms with Gasteiger partial charge in [0.1, 0.15) is 12.4 Å². The normalized spacial score (nSPS) is 16.7. The van der Waals surface area contributed by atoms with Crippen LogP contribution in [-0.4, -0.2) is 5.71 Å². The summed E-state index contributed by atoms with van der Waals surface area (Å²) in [4.78, 5) is 6.03. The van der Waals surface area contributed by atoms with E-state index in [0.717, 1.165) is 34.2 Å². The Balaban J connectivity index is 1.37. The number of nitrogens with zero attached hydrogens (tertiary/aromatic N) is 1. The van der Waals surface area contributed by atoms with Crippen LogP contribution in [0.4, 0.5) is 0 Å². The first kappa shape index (κ1) is 20.2. The van der Waals surface area contributed by atoms with Crippen LogP contribution in [0.1, 0.15) is 61.2 Å². The molecule has 1 aliphatic rings. The minimum atomic E-state index is 0.173. The molecular weight excluding hydrogens is 398 g/mol. The molecule has 0 saturated carbocycles. The molecule has 0 amide bonds. The third kappa shape index (κ3) is 4.73. The van der Waals surface area contributed by atoms with Crippen LogP contribution >= 0.6 is 22.9 Å². The third-order valence-corrected chi connectivity index (χ3v) is 6.73. The summed E-state index contributed by atoms with van der Waals surface area (Å²) < 4.78 is 5.98. The molecule has 4 heteroatoms. The Bertz CT molecular complexity index is 997. The van der Waals surface area contributed by atoms with Gasteiger partial charge in [-0.1, -0.05) is 68.8 Å². The second kappa shape index (κ2) is 8.33. The molecule has 29 heavy (non-hydrogen) atoms. The second-order valence-electron chi connectivity index (χ2n) is 8.53. The summed E-state index contributed by atoms with van der Waals surface area (Å²) in [7, 11) is 0. The van der Waals surface area contributed by atoms with Crippen molar-refractivity contribution in [3.8, 4) is 5.75 Å². The van der Waals surface area contributed by atoms with E-state index in [0.29, 0.717) is 6.61 Å².